The van der Waals surface area contributed by atoms with E-state index in [1.165, 1.54) is 29.3 Å². The normalized spacial score (nSPS) is 14.5. The molecule has 0 aliphatic rings. The molecule has 0 spiro atoms. The lowest BCUT2D eigenvalue weighted by Gasteiger charge is -2.23. The summed E-state index contributed by atoms with van der Waals surface area (Å²) < 4.78 is 2.31. The van der Waals surface area contributed by atoms with E-state index in [-0.39, 0.29) is 0 Å². The van der Waals surface area contributed by atoms with Crippen molar-refractivity contribution in [2.24, 2.45) is 5.92 Å². The van der Waals surface area contributed by atoms with Crippen molar-refractivity contribution in [3.63, 3.8) is 0 Å². The zero-order valence-corrected chi connectivity index (χ0v) is 14.6. The first-order valence-corrected chi connectivity index (χ1v) is 8.35. The van der Waals surface area contributed by atoms with Gasteiger partial charge in [0, 0.05) is 15.0 Å². The highest BCUT2D eigenvalue weighted by atomic mass is 79.9. The third-order valence-corrected chi connectivity index (χ3v) is 4.49. The number of rotatable bonds is 7. The molecule has 0 saturated heterocycles. The van der Waals surface area contributed by atoms with Gasteiger partial charge in [-0.05, 0) is 43.0 Å². The Bertz CT molecular complexity index is 366. The van der Waals surface area contributed by atoms with Gasteiger partial charge in [-0.2, -0.15) is 0 Å². The molecule has 0 radical (unpaired) electrons. The molecule has 1 nitrogen and oxygen atoms in total. The van der Waals surface area contributed by atoms with E-state index in [2.05, 4.69) is 76.1 Å². The molecule has 1 aromatic carbocycles. The number of hydrogen-bond acceptors (Lipinski definition) is 1. The molecular weight excluding hydrogens is 354 g/mol. The fourth-order valence-electron chi connectivity index (χ4n) is 1.99. The van der Waals surface area contributed by atoms with E-state index in [0.29, 0.717) is 6.04 Å². The molecule has 0 bridgehead atoms. The molecule has 0 aliphatic carbocycles. The number of hydrogen-bond donors (Lipinski definition) is 1. The molecule has 0 saturated carbocycles. The molecule has 1 rings (SSSR count). The van der Waals surface area contributed by atoms with Gasteiger partial charge in [-0.3, -0.25) is 0 Å². The van der Waals surface area contributed by atoms with Crippen molar-refractivity contribution in [1.82, 2.24) is 5.32 Å². The summed E-state index contributed by atoms with van der Waals surface area (Å²) in [5.41, 5.74) is 1.37. The first-order chi connectivity index (χ1) is 8.58. The summed E-state index contributed by atoms with van der Waals surface area (Å²) in [5.74, 6) is 0.745. The van der Waals surface area contributed by atoms with Crippen LogP contribution in [0.15, 0.2) is 27.1 Å². The van der Waals surface area contributed by atoms with Gasteiger partial charge in [0.15, 0.2) is 0 Å². The lowest BCUT2D eigenvalue weighted by molar-refractivity contribution is 0.401. The zero-order valence-electron chi connectivity index (χ0n) is 11.5. The summed E-state index contributed by atoms with van der Waals surface area (Å²) in [6, 6.07) is 6.91. The van der Waals surface area contributed by atoms with Crippen molar-refractivity contribution in [3.8, 4) is 0 Å². The van der Waals surface area contributed by atoms with Crippen LogP contribution in [0.2, 0.25) is 0 Å². The van der Waals surface area contributed by atoms with Gasteiger partial charge < -0.3 is 5.32 Å². The van der Waals surface area contributed by atoms with E-state index in [0.717, 1.165) is 16.9 Å². The van der Waals surface area contributed by atoms with Crippen LogP contribution in [-0.2, 0) is 0 Å². The lowest BCUT2D eigenvalue weighted by atomic mass is 9.94. The summed E-state index contributed by atoms with van der Waals surface area (Å²) in [4.78, 5) is 0. The molecule has 0 amide bonds. The monoisotopic (exact) mass is 375 g/mol. The summed E-state index contributed by atoms with van der Waals surface area (Å²) in [6.45, 7) is 7.87. The van der Waals surface area contributed by atoms with Gasteiger partial charge >= 0.3 is 0 Å². The summed E-state index contributed by atoms with van der Waals surface area (Å²) in [6.07, 6.45) is 3.60. The second kappa shape index (κ2) is 8.34. The van der Waals surface area contributed by atoms with Crippen molar-refractivity contribution in [1.29, 1.82) is 0 Å². The summed E-state index contributed by atoms with van der Waals surface area (Å²) in [7, 11) is 0. The van der Waals surface area contributed by atoms with Crippen LogP contribution in [0.3, 0.4) is 0 Å². The smallest absolute Gasteiger partial charge is 0.0333 e. The minimum Gasteiger partial charge on any atom is -0.310 e. The van der Waals surface area contributed by atoms with Gasteiger partial charge in [-0.15, -0.1) is 0 Å². The number of nitrogens with one attached hydrogen (secondary N) is 1. The molecular formula is C15H23Br2N. The Morgan fingerprint density at radius 3 is 2.50 bits per heavy atom. The minimum absolute atomic E-state index is 0.447. The standard InChI is InChI=1S/C15H23Br2N/c1-4-8-18-15(9-11(3)5-2)13-7-6-12(16)10-14(13)17/h6-7,10-11,15,18H,4-5,8-9H2,1-3H3. The first-order valence-electron chi connectivity index (χ1n) is 6.76. The average molecular weight is 377 g/mol. The Labute approximate surface area is 128 Å². The van der Waals surface area contributed by atoms with Crippen LogP contribution in [0.5, 0.6) is 0 Å². The Morgan fingerprint density at radius 1 is 1.22 bits per heavy atom. The Hall–Kier alpha value is 0.140. The molecule has 3 heteroatoms. The van der Waals surface area contributed by atoms with Crippen LogP contribution in [0.1, 0.15) is 51.6 Å². The SMILES string of the molecule is CCCNC(CC(C)CC)c1ccc(Br)cc1Br. The third kappa shape index (κ3) is 5.02. The predicted octanol–water partition coefficient (Wildman–Crippen LogP) is 5.69. The van der Waals surface area contributed by atoms with Gasteiger partial charge in [-0.25, -0.2) is 0 Å². The van der Waals surface area contributed by atoms with Gasteiger partial charge in [0.05, 0.1) is 0 Å². The van der Waals surface area contributed by atoms with E-state index in [9.17, 15) is 0 Å². The lowest BCUT2D eigenvalue weighted by Crippen LogP contribution is -2.24. The maximum absolute atomic E-state index is 3.68. The van der Waals surface area contributed by atoms with Crippen molar-refractivity contribution in [3.05, 3.63) is 32.7 Å². The predicted molar refractivity (Wildman–Crippen MR) is 86.9 cm³/mol. The molecule has 0 heterocycles. The Morgan fingerprint density at radius 2 is 1.94 bits per heavy atom. The summed E-state index contributed by atoms with van der Waals surface area (Å²) in [5, 5.41) is 3.67. The number of benzene rings is 1. The van der Waals surface area contributed by atoms with Crippen LogP contribution in [-0.4, -0.2) is 6.54 Å². The highest BCUT2D eigenvalue weighted by Crippen LogP contribution is 2.31. The molecule has 1 N–H and O–H groups in total. The maximum Gasteiger partial charge on any atom is 0.0333 e. The quantitative estimate of drug-likeness (QED) is 0.644. The molecule has 0 aliphatic heterocycles. The molecule has 1 aromatic rings. The largest absolute Gasteiger partial charge is 0.310 e. The van der Waals surface area contributed by atoms with Gasteiger partial charge in [0.1, 0.15) is 0 Å². The van der Waals surface area contributed by atoms with E-state index in [1.54, 1.807) is 0 Å². The zero-order chi connectivity index (χ0) is 13.5. The fourth-order valence-corrected chi connectivity index (χ4v) is 3.32. The van der Waals surface area contributed by atoms with Crippen LogP contribution >= 0.6 is 31.9 Å². The topological polar surface area (TPSA) is 12.0 Å². The summed E-state index contributed by atoms with van der Waals surface area (Å²) >= 11 is 7.19. The van der Waals surface area contributed by atoms with Gasteiger partial charge in [0.25, 0.3) is 0 Å². The van der Waals surface area contributed by atoms with Crippen molar-refractivity contribution >= 4 is 31.9 Å². The highest BCUT2D eigenvalue weighted by molar-refractivity contribution is 9.11. The Kier molecular flexibility index (Phi) is 7.50. The van der Waals surface area contributed by atoms with Crippen LogP contribution in [0.25, 0.3) is 0 Å². The van der Waals surface area contributed by atoms with Crippen molar-refractivity contribution in [2.75, 3.05) is 6.54 Å². The molecule has 0 fully saturated rings. The second-order valence-corrected chi connectivity index (χ2v) is 6.69. The average Bonchev–Trinajstić information content (AvgIpc) is 2.34. The maximum atomic E-state index is 3.68. The van der Waals surface area contributed by atoms with Crippen molar-refractivity contribution in [2.45, 2.75) is 46.1 Å². The van der Waals surface area contributed by atoms with Crippen LogP contribution < -0.4 is 5.32 Å². The van der Waals surface area contributed by atoms with E-state index in [1.807, 2.05) is 0 Å². The Balaban J connectivity index is 2.86. The van der Waals surface area contributed by atoms with Crippen molar-refractivity contribution < 1.29 is 0 Å². The van der Waals surface area contributed by atoms with E-state index >= 15 is 0 Å². The minimum atomic E-state index is 0.447. The molecule has 102 valence electrons. The van der Waals surface area contributed by atoms with Gasteiger partial charge in [0.2, 0.25) is 0 Å². The number of halogens is 2. The third-order valence-electron chi connectivity index (χ3n) is 3.31. The fraction of sp³-hybridized carbons (Fsp3) is 0.600. The molecule has 2 atom stereocenters. The van der Waals surface area contributed by atoms with Crippen LogP contribution in [0, 0.1) is 5.92 Å². The molecule has 2 unspecified atom stereocenters. The van der Waals surface area contributed by atoms with Crippen LogP contribution in [0.4, 0.5) is 0 Å². The highest BCUT2D eigenvalue weighted by Gasteiger charge is 2.16. The molecule has 18 heavy (non-hydrogen) atoms. The van der Waals surface area contributed by atoms with E-state index in [4.69, 9.17) is 0 Å². The first kappa shape index (κ1) is 16.2. The molecule has 0 aromatic heterocycles. The second-order valence-electron chi connectivity index (χ2n) is 4.92. The van der Waals surface area contributed by atoms with E-state index < -0.39 is 0 Å². The van der Waals surface area contributed by atoms with Gasteiger partial charge in [-0.1, -0.05) is 65.1 Å².